The van der Waals surface area contributed by atoms with Crippen LogP contribution in [0, 0.1) is 0 Å². The average Bonchev–Trinajstić information content (AvgIpc) is 2.95. The molecule has 0 saturated heterocycles. The van der Waals surface area contributed by atoms with E-state index in [1.54, 1.807) is 9.13 Å². The van der Waals surface area contributed by atoms with Crippen molar-refractivity contribution in [2.24, 2.45) is 0 Å². The van der Waals surface area contributed by atoms with Gasteiger partial charge in [0.2, 0.25) is 0 Å². The second-order valence-corrected chi connectivity index (χ2v) is 4.85. The Kier molecular flexibility index (Phi) is 4.42. The van der Waals surface area contributed by atoms with Crippen molar-refractivity contribution in [2.75, 3.05) is 6.54 Å². The molecule has 1 saturated carbocycles. The molecule has 4 nitrogen and oxygen atoms in total. The lowest BCUT2D eigenvalue weighted by Crippen LogP contribution is -2.29. The first-order valence-corrected chi connectivity index (χ1v) is 6.80. The fraction of sp³-hybridized carbons (Fsp3) is 0.769. The predicted molar refractivity (Wildman–Crippen MR) is 69.2 cm³/mol. The SMILES string of the molecule is CCn1ccn(CCCNC2CCCC2)c1=O. The summed E-state index contributed by atoms with van der Waals surface area (Å²) < 4.78 is 3.55. The number of imidazole rings is 1. The topological polar surface area (TPSA) is 39.0 Å². The summed E-state index contributed by atoms with van der Waals surface area (Å²) in [6.45, 7) is 4.60. The molecule has 4 heteroatoms. The Morgan fingerprint density at radius 2 is 2.00 bits per heavy atom. The van der Waals surface area contributed by atoms with Crippen LogP contribution in [0.2, 0.25) is 0 Å². The Morgan fingerprint density at radius 1 is 1.29 bits per heavy atom. The van der Waals surface area contributed by atoms with Crippen LogP contribution in [0.15, 0.2) is 17.2 Å². The lowest BCUT2D eigenvalue weighted by Gasteiger charge is -2.11. The Morgan fingerprint density at radius 3 is 2.65 bits per heavy atom. The molecule has 0 amide bonds. The summed E-state index contributed by atoms with van der Waals surface area (Å²) in [5.41, 5.74) is 0.119. The fourth-order valence-electron chi connectivity index (χ4n) is 2.55. The fourth-order valence-corrected chi connectivity index (χ4v) is 2.55. The smallest absolute Gasteiger partial charge is 0.314 e. The van der Waals surface area contributed by atoms with Crippen LogP contribution < -0.4 is 11.0 Å². The Hall–Kier alpha value is -1.03. The van der Waals surface area contributed by atoms with Crippen LogP contribution in [-0.2, 0) is 13.1 Å². The van der Waals surface area contributed by atoms with Gasteiger partial charge in [-0.05, 0) is 32.7 Å². The molecule has 17 heavy (non-hydrogen) atoms. The van der Waals surface area contributed by atoms with E-state index in [0.29, 0.717) is 0 Å². The lowest BCUT2D eigenvalue weighted by molar-refractivity contribution is 0.490. The molecular formula is C13H23N3O. The third-order valence-electron chi connectivity index (χ3n) is 3.62. The number of nitrogens with one attached hydrogen (secondary N) is 1. The highest BCUT2D eigenvalue weighted by molar-refractivity contribution is 4.81. The molecule has 1 fully saturated rings. The molecule has 1 aliphatic carbocycles. The van der Waals surface area contributed by atoms with Gasteiger partial charge in [0.25, 0.3) is 0 Å². The van der Waals surface area contributed by atoms with Crippen LogP contribution in [-0.4, -0.2) is 21.7 Å². The molecule has 2 rings (SSSR count). The molecule has 0 bridgehead atoms. The second kappa shape index (κ2) is 6.05. The lowest BCUT2D eigenvalue weighted by atomic mass is 10.2. The van der Waals surface area contributed by atoms with E-state index in [1.165, 1.54) is 25.7 Å². The van der Waals surface area contributed by atoms with Crippen molar-refractivity contribution >= 4 is 0 Å². The maximum absolute atomic E-state index is 11.8. The van der Waals surface area contributed by atoms with Crippen LogP contribution >= 0.6 is 0 Å². The van der Waals surface area contributed by atoms with E-state index >= 15 is 0 Å². The summed E-state index contributed by atoms with van der Waals surface area (Å²) in [6.07, 6.45) is 10.2. The quantitative estimate of drug-likeness (QED) is 0.763. The van der Waals surface area contributed by atoms with Gasteiger partial charge in [0.15, 0.2) is 0 Å². The summed E-state index contributed by atoms with van der Waals surface area (Å²) in [5, 5.41) is 3.57. The zero-order valence-electron chi connectivity index (χ0n) is 10.7. The maximum atomic E-state index is 11.8. The Labute approximate surface area is 103 Å². The first kappa shape index (κ1) is 12.4. The van der Waals surface area contributed by atoms with Crippen molar-refractivity contribution in [2.45, 2.75) is 58.2 Å². The number of aromatic nitrogens is 2. The molecule has 1 aromatic rings. The molecule has 1 heterocycles. The average molecular weight is 237 g/mol. The molecule has 0 aromatic carbocycles. The largest absolute Gasteiger partial charge is 0.328 e. The third-order valence-corrected chi connectivity index (χ3v) is 3.62. The minimum atomic E-state index is 0.119. The molecule has 1 N–H and O–H groups in total. The van der Waals surface area contributed by atoms with Gasteiger partial charge in [0.1, 0.15) is 0 Å². The first-order chi connectivity index (χ1) is 8.31. The molecule has 96 valence electrons. The van der Waals surface area contributed by atoms with Gasteiger partial charge in [-0.1, -0.05) is 12.8 Å². The predicted octanol–water partition coefficient (Wildman–Crippen LogP) is 1.59. The van der Waals surface area contributed by atoms with Gasteiger partial charge in [0, 0.05) is 31.5 Å². The standard InChI is InChI=1S/C13H23N3O/c1-2-15-10-11-16(13(15)17)9-5-8-14-12-6-3-4-7-12/h10-12,14H,2-9H2,1H3. The minimum Gasteiger partial charge on any atom is -0.314 e. The number of hydrogen-bond donors (Lipinski definition) is 1. The van der Waals surface area contributed by atoms with Crippen LogP contribution in [0.1, 0.15) is 39.0 Å². The van der Waals surface area contributed by atoms with E-state index in [-0.39, 0.29) is 5.69 Å². The minimum absolute atomic E-state index is 0.119. The monoisotopic (exact) mass is 237 g/mol. The highest BCUT2D eigenvalue weighted by atomic mass is 16.1. The van der Waals surface area contributed by atoms with E-state index in [9.17, 15) is 4.79 Å². The third kappa shape index (κ3) is 3.22. The van der Waals surface area contributed by atoms with Gasteiger partial charge in [-0.2, -0.15) is 0 Å². The van der Waals surface area contributed by atoms with E-state index < -0.39 is 0 Å². The van der Waals surface area contributed by atoms with Gasteiger partial charge in [-0.25, -0.2) is 4.79 Å². The first-order valence-electron chi connectivity index (χ1n) is 6.80. The van der Waals surface area contributed by atoms with E-state index in [2.05, 4.69) is 5.32 Å². The number of hydrogen-bond acceptors (Lipinski definition) is 2. The number of rotatable bonds is 6. The Balaban J connectivity index is 1.70. The maximum Gasteiger partial charge on any atom is 0.328 e. The molecule has 0 unspecified atom stereocenters. The van der Waals surface area contributed by atoms with Crippen molar-refractivity contribution in [1.29, 1.82) is 0 Å². The van der Waals surface area contributed by atoms with Crippen LogP contribution in [0.4, 0.5) is 0 Å². The summed E-state index contributed by atoms with van der Waals surface area (Å²) in [5.74, 6) is 0. The molecule has 1 aromatic heterocycles. The van der Waals surface area contributed by atoms with Crippen LogP contribution in [0.25, 0.3) is 0 Å². The molecule has 0 atom stereocenters. The van der Waals surface area contributed by atoms with Gasteiger partial charge >= 0.3 is 5.69 Å². The second-order valence-electron chi connectivity index (χ2n) is 4.85. The summed E-state index contributed by atoms with van der Waals surface area (Å²) in [7, 11) is 0. The van der Waals surface area contributed by atoms with Gasteiger partial charge in [-0.3, -0.25) is 9.13 Å². The summed E-state index contributed by atoms with van der Waals surface area (Å²) >= 11 is 0. The number of nitrogens with zero attached hydrogens (tertiary/aromatic N) is 2. The van der Waals surface area contributed by atoms with Crippen molar-refractivity contribution in [3.63, 3.8) is 0 Å². The summed E-state index contributed by atoms with van der Waals surface area (Å²) in [4.78, 5) is 11.8. The molecule has 0 aliphatic heterocycles. The summed E-state index contributed by atoms with van der Waals surface area (Å²) in [6, 6.07) is 0.729. The molecule has 1 aliphatic rings. The van der Waals surface area contributed by atoms with Crippen molar-refractivity contribution in [3.05, 3.63) is 22.9 Å². The molecule has 0 spiro atoms. The van der Waals surface area contributed by atoms with Crippen LogP contribution in [0.3, 0.4) is 0 Å². The van der Waals surface area contributed by atoms with Gasteiger partial charge < -0.3 is 5.32 Å². The van der Waals surface area contributed by atoms with Crippen molar-refractivity contribution in [3.8, 4) is 0 Å². The zero-order valence-corrected chi connectivity index (χ0v) is 10.7. The van der Waals surface area contributed by atoms with Crippen LogP contribution in [0.5, 0.6) is 0 Å². The Bertz CT molecular complexity index is 388. The highest BCUT2D eigenvalue weighted by Gasteiger charge is 2.13. The van der Waals surface area contributed by atoms with Gasteiger partial charge in [0.05, 0.1) is 0 Å². The molecular weight excluding hydrogens is 214 g/mol. The van der Waals surface area contributed by atoms with E-state index in [4.69, 9.17) is 0 Å². The van der Waals surface area contributed by atoms with Crippen molar-refractivity contribution in [1.82, 2.24) is 14.5 Å². The normalized spacial score (nSPS) is 16.8. The molecule has 0 radical (unpaired) electrons. The van der Waals surface area contributed by atoms with Crippen molar-refractivity contribution < 1.29 is 0 Å². The number of aryl methyl sites for hydroxylation is 2. The van der Waals surface area contributed by atoms with E-state index in [1.807, 2.05) is 19.3 Å². The zero-order chi connectivity index (χ0) is 12.1. The van der Waals surface area contributed by atoms with E-state index in [0.717, 1.165) is 32.1 Å². The highest BCUT2D eigenvalue weighted by Crippen LogP contribution is 2.17. The van der Waals surface area contributed by atoms with Gasteiger partial charge in [-0.15, -0.1) is 0 Å².